The molecule has 0 fully saturated rings. The second-order valence-corrected chi connectivity index (χ2v) is 4.80. The van der Waals surface area contributed by atoms with E-state index in [9.17, 15) is 4.79 Å². The van der Waals surface area contributed by atoms with Crippen LogP contribution in [0.5, 0.6) is 0 Å². The number of esters is 1. The number of unbranched alkanes of at least 4 members (excludes halogenated alkanes) is 1. The van der Waals surface area contributed by atoms with Gasteiger partial charge in [-0.25, -0.2) is 4.79 Å². The van der Waals surface area contributed by atoms with Crippen molar-refractivity contribution in [2.24, 2.45) is 0 Å². The Morgan fingerprint density at radius 1 is 1.25 bits per heavy atom. The Morgan fingerprint density at radius 3 is 2.45 bits per heavy atom. The maximum Gasteiger partial charge on any atom is 0.338 e. The van der Waals surface area contributed by atoms with Crippen molar-refractivity contribution in [2.75, 3.05) is 39.1 Å². The molecule has 0 aliphatic heterocycles. The first kappa shape index (κ1) is 18.4. The van der Waals surface area contributed by atoms with Crippen molar-refractivity contribution >= 4 is 11.7 Å². The number of nitrogens with zero attached hydrogens (tertiary/aromatic N) is 1. The number of hydrogen-bond donors (Lipinski definition) is 1. The van der Waals surface area contributed by atoms with Crippen molar-refractivity contribution in [3.05, 3.63) is 29.8 Å². The van der Waals surface area contributed by atoms with Crippen molar-refractivity contribution in [1.82, 2.24) is 4.90 Å². The summed E-state index contributed by atoms with van der Waals surface area (Å²) in [5.41, 5.74) is 1.64. The highest BCUT2D eigenvalue weighted by atomic mass is 16.5. The zero-order valence-electron chi connectivity index (χ0n) is 12.1. The molecular formula is C16H28N2O2. The standard InChI is InChI=1S/C15H24N2O2.CH4/c1-4-5-10-16-14-8-6-13(7-9-14)15(18)19-12-11-17(2)3;/h6-9,16H,4-5,10-12H2,1-3H3;1H4. The van der Waals surface area contributed by atoms with Gasteiger partial charge >= 0.3 is 5.97 Å². The van der Waals surface area contributed by atoms with Gasteiger partial charge in [0, 0.05) is 18.8 Å². The number of benzene rings is 1. The van der Waals surface area contributed by atoms with Gasteiger partial charge in [-0.1, -0.05) is 20.8 Å². The molecule has 1 aromatic rings. The molecule has 1 N–H and O–H groups in total. The predicted octanol–water partition coefficient (Wildman–Crippen LogP) is 3.25. The number of carbonyl (C=O) groups excluding carboxylic acids is 1. The third-order valence-electron chi connectivity index (χ3n) is 2.75. The van der Waals surface area contributed by atoms with E-state index in [4.69, 9.17) is 4.74 Å². The Hall–Kier alpha value is -1.55. The van der Waals surface area contributed by atoms with E-state index in [-0.39, 0.29) is 13.4 Å². The van der Waals surface area contributed by atoms with Crippen molar-refractivity contribution in [3.8, 4) is 0 Å². The molecule has 0 heterocycles. The average Bonchev–Trinajstić information content (AvgIpc) is 2.39. The number of rotatable bonds is 8. The fraction of sp³-hybridized carbons (Fsp3) is 0.562. The number of carbonyl (C=O) groups is 1. The smallest absolute Gasteiger partial charge is 0.338 e. The molecule has 0 aromatic heterocycles. The van der Waals surface area contributed by atoms with Crippen LogP contribution in [0.3, 0.4) is 0 Å². The summed E-state index contributed by atoms with van der Waals surface area (Å²) < 4.78 is 5.18. The molecular weight excluding hydrogens is 252 g/mol. The molecule has 0 aliphatic carbocycles. The van der Waals surface area contributed by atoms with E-state index < -0.39 is 0 Å². The highest BCUT2D eigenvalue weighted by Gasteiger charge is 2.06. The largest absolute Gasteiger partial charge is 0.461 e. The normalized spacial score (nSPS) is 10.0. The van der Waals surface area contributed by atoms with Gasteiger partial charge in [-0.3, -0.25) is 0 Å². The first-order valence-electron chi connectivity index (χ1n) is 6.79. The third kappa shape index (κ3) is 7.14. The molecule has 1 rings (SSSR count). The van der Waals surface area contributed by atoms with E-state index in [0.29, 0.717) is 12.2 Å². The first-order chi connectivity index (χ1) is 9.13. The Kier molecular flexibility index (Phi) is 9.47. The average molecular weight is 280 g/mol. The zero-order chi connectivity index (χ0) is 14.1. The number of ether oxygens (including phenoxy) is 1. The second-order valence-electron chi connectivity index (χ2n) is 4.80. The van der Waals surface area contributed by atoms with Crippen LogP contribution in [-0.2, 0) is 4.74 Å². The van der Waals surface area contributed by atoms with Crippen LogP contribution in [0.1, 0.15) is 37.6 Å². The predicted molar refractivity (Wildman–Crippen MR) is 85.4 cm³/mol. The Bertz CT molecular complexity index is 375. The first-order valence-corrected chi connectivity index (χ1v) is 6.79. The minimum Gasteiger partial charge on any atom is -0.461 e. The van der Waals surface area contributed by atoms with E-state index >= 15 is 0 Å². The summed E-state index contributed by atoms with van der Waals surface area (Å²) in [4.78, 5) is 13.7. The van der Waals surface area contributed by atoms with E-state index in [0.717, 1.165) is 25.2 Å². The van der Waals surface area contributed by atoms with Crippen LogP contribution in [0.25, 0.3) is 0 Å². The molecule has 20 heavy (non-hydrogen) atoms. The quantitative estimate of drug-likeness (QED) is 0.586. The number of anilines is 1. The molecule has 0 atom stereocenters. The highest BCUT2D eigenvalue weighted by Crippen LogP contribution is 2.10. The van der Waals surface area contributed by atoms with Crippen molar-refractivity contribution in [2.45, 2.75) is 27.2 Å². The lowest BCUT2D eigenvalue weighted by Crippen LogP contribution is -2.20. The lowest BCUT2D eigenvalue weighted by Gasteiger charge is -2.10. The van der Waals surface area contributed by atoms with E-state index in [1.54, 1.807) is 12.1 Å². The van der Waals surface area contributed by atoms with Crippen LogP contribution in [0, 0.1) is 0 Å². The maximum absolute atomic E-state index is 11.7. The molecule has 4 nitrogen and oxygen atoms in total. The van der Waals surface area contributed by atoms with Crippen molar-refractivity contribution < 1.29 is 9.53 Å². The van der Waals surface area contributed by atoms with Gasteiger partial charge in [-0.15, -0.1) is 0 Å². The summed E-state index contributed by atoms with van der Waals surface area (Å²) in [6, 6.07) is 7.43. The molecule has 0 spiro atoms. The van der Waals surface area contributed by atoms with Crippen molar-refractivity contribution in [3.63, 3.8) is 0 Å². The lowest BCUT2D eigenvalue weighted by molar-refractivity contribution is 0.0482. The molecule has 0 amide bonds. The molecule has 0 saturated carbocycles. The van der Waals surface area contributed by atoms with Crippen molar-refractivity contribution in [1.29, 1.82) is 0 Å². The van der Waals surface area contributed by atoms with Crippen LogP contribution in [-0.4, -0.2) is 44.7 Å². The minimum atomic E-state index is -0.262. The fourth-order valence-corrected chi connectivity index (χ4v) is 1.54. The van der Waals surface area contributed by atoms with Gasteiger partial charge in [0.25, 0.3) is 0 Å². The van der Waals surface area contributed by atoms with E-state index in [1.807, 2.05) is 31.1 Å². The maximum atomic E-state index is 11.7. The molecule has 114 valence electrons. The van der Waals surface area contributed by atoms with E-state index in [2.05, 4.69) is 12.2 Å². The molecule has 4 heteroatoms. The number of hydrogen-bond acceptors (Lipinski definition) is 4. The topological polar surface area (TPSA) is 41.6 Å². The zero-order valence-corrected chi connectivity index (χ0v) is 12.1. The van der Waals surface area contributed by atoms with Crippen LogP contribution in [0.15, 0.2) is 24.3 Å². The van der Waals surface area contributed by atoms with Gasteiger partial charge in [-0.05, 0) is 44.8 Å². The van der Waals surface area contributed by atoms with Gasteiger partial charge < -0.3 is 15.0 Å². The third-order valence-corrected chi connectivity index (χ3v) is 2.75. The molecule has 0 saturated heterocycles. The van der Waals surface area contributed by atoms with Gasteiger partial charge in [0.2, 0.25) is 0 Å². The summed E-state index contributed by atoms with van der Waals surface area (Å²) >= 11 is 0. The summed E-state index contributed by atoms with van der Waals surface area (Å²) in [6.07, 6.45) is 2.32. The monoisotopic (exact) mass is 280 g/mol. The Balaban J connectivity index is 0.00000361. The number of nitrogens with one attached hydrogen (secondary N) is 1. The summed E-state index contributed by atoms with van der Waals surface area (Å²) in [7, 11) is 3.90. The SMILES string of the molecule is C.CCCCNc1ccc(C(=O)OCCN(C)C)cc1. The molecule has 0 aliphatic rings. The highest BCUT2D eigenvalue weighted by molar-refractivity contribution is 5.89. The number of likely N-dealkylation sites (N-methyl/N-ethyl adjacent to an activating group) is 1. The van der Waals surface area contributed by atoms with E-state index in [1.165, 1.54) is 6.42 Å². The summed E-state index contributed by atoms with van der Waals surface area (Å²) in [6.45, 7) is 4.28. The molecule has 1 aromatic carbocycles. The van der Waals surface area contributed by atoms with Gasteiger partial charge in [0.15, 0.2) is 0 Å². The lowest BCUT2D eigenvalue weighted by atomic mass is 10.2. The minimum absolute atomic E-state index is 0. The van der Waals surface area contributed by atoms with Crippen LogP contribution in [0.4, 0.5) is 5.69 Å². The fourth-order valence-electron chi connectivity index (χ4n) is 1.54. The Morgan fingerprint density at radius 2 is 1.90 bits per heavy atom. The second kappa shape index (κ2) is 10.3. The van der Waals surface area contributed by atoms with Crippen LogP contribution in [0.2, 0.25) is 0 Å². The van der Waals surface area contributed by atoms with Crippen LogP contribution < -0.4 is 5.32 Å². The van der Waals surface area contributed by atoms with Crippen LogP contribution >= 0.6 is 0 Å². The molecule has 0 bridgehead atoms. The summed E-state index contributed by atoms with van der Waals surface area (Å²) in [5, 5.41) is 3.31. The van der Waals surface area contributed by atoms with Gasteiger partial charge in [0.05, 0.1) is 5.56 Å². The van der Waals surface area contributed by atoms with Gasteiger partial charge in [-0.2, -0.15) is 0 Å². The van der Waals surface area contributed by atoms with Gasteiger partial charge in [0.1, 0.15) is 6.61 Å². The summed E-state index contributed by atoms with van der Waals surface area (Å²) in [5.74, 6) is -0.262. The molecule has 0 unspecified atom stereocenters. The molecule has 0 radical (unpaired) electrons. The Labute approximate surface area is 123 Å².